The first-order valence-corrected chi connectivity index (χ1v) is 6.02. The van der Waals surface area contributed by atoms with E-state index in [1.54, 1.807) is 6.07 Å². The van der Waals surface area contributed by atoms with Gasteiger partial charge in [0.05, 0.1) is 5.56 Å². The highest BCUT2D eigenvalue weighted by molar-refractivity contribution is 5.89. The van der Waals surface area contributed by atoms with Gasteiger partial charge in [-0.3, -0.25) is 4.79 Å². The number of alkyl halides is 3. The van der Waals surface area contributed by atoms with Gasteiger partial charge in [-0.1, -0.05) is 18.2 Å². The average molecular weight is 304 g/mol. The number of halogens is 3. The number of carbonyl (C=O) groups excluding carboxylic acids is 1. The molecule has 0 fully saturated rings. The lowest BCUT2D eigenvalue weighted by Gasteiger charge is -2.26. The van der Waals surface area contributed by atoms with E-state index in [1.165, 1.54) is 18.2 Å². The molecule has 0 radical (unpaired) electrons. The van der Waals surface area contributed by atoms with E-state index in [1.807, 2.05) is 0 Å². The molecule has 116 valence electrons. The van der Waals surface area contributed by atoms with Gasteiger partial charge in [-0.05, 0) is 25.0 Å². The minimum absolute atomic E-state index is 0.0399. The number of hydrogen-bond donors (Lipinski definition) is 3. The van der Waals surface area contributed by atoms with Crippen LogP contribution in [0, 0.1) is 0 Å². The second-order valence-electron chi connectivity index (χ2n) is 4.67. The van der Waals surface area contributed by atoms with Crippen LogP contribution >= 0.6 is 0 Å². The fraction of sp³-hybridized carbons (Fsp3) is 0.385. The van der Waals surface area contributed by atoms with Gasteiger partial charge in [0.2, 0.25) is 5.91 Å². The largest absolute Gasteiger partial charge is 0.478 e. The van der Waals surface area contributed by atoms with Crippen molar-refractivity contribution >= 4 is 11.9 Å². The highest BCUT2D eigenvalue weighted by atomic mass is 19.4. The Kier molecular flexibility index (Phi) is 4.95. The fourth-order valence-corrected chi connectivity index (χ4v) is 1.57. The Morgan fingerprint density at radius 2 is 1.86 bits per heavy atom. The molecule has 1 aromatic rings. The molecule has 1 unspecified atom stereocenters. The second-order valence-corrected chi connectivity index (χ2v) is 4.67. The summed E-state index contributed by atoms with van der Waals surface area (Å²) in [5.74, 6) is -2.50. The van der Waals surface area contributed by atoms with E-state index in [2.05, 4.69) is 5.32 Å². The van der Waals surface area contributed by atoms with Crippen LogP contribution in [-0.2, 0) is 11.2 Å². The summed E-state index contributed by atoms with van der Waals surface area (Å²) in [5.41, 5.74) is 2.43. The number of nitrogens with one attached hydrogen (secondary N) is 1. The Morgan fingerprint density at radius 3 is 2.38 bits per heavy atom. The summed E-state index contributed by atoms with van der Waals surface area (Å²) >= 11 is 0. The second kappa shape index (κ2) is 6.13. The fourth-order valence-electron chi connectivity index (χ4n) is 1.57. The van der Waals surface area contributed by atoms with Gasteiger partial charge in [0.15, 0.2) is 5.54 Å². The van der Waals surface area contributed by atoms with Crippen molar-refractivity contribution in [1.82, 2.24) is 5.32 Å². The van der Waals surface area contributed by atoms with Crippen molar-refractivity contribution in [3.8, 4) is 0 Å². The molecular formula is C13H15F3N2O3. The van der Waals surface area contributed by atoms with E-state index in [9.17, 15) is 22.8 Å². The number of nitrogens with two attached hydrogens (primary N) is 1. The average Bonchev–Trinajstić information content (AvgIpc) is 2.37. The summed E-state index contributed by atoms with van der Waals surface area (Å²) in [7, 11) is 0. The van der Waals surface area contributed by atoms with Gasteiger partial charge in [0.25, 0.3) is 0 Å². The zero-order valence-electron chi connectivity index (χ0n) is 11.2. The SMILES string of the molecule is CC(N)(C(=O)NCCc1ccccc1C(=O)O)C(F)(F)F. The van der Waals surface area contributed by atoms with Crippen molar-refractivity contribution in [2.24, 2.45) is 5.73 Å². The Bertz CT molecular complexity index is 542. The molecule has 0 aliphatic heterocycles. The van der Waals surface area contributed by atoms with Gasteiger partial charge in [-0.25, -0.2) is 4.79 Å². The number of aromatic carboxylic acids is 1. The zero-order valence-corrected chi connectivity index (χ0v) is 11.2. The molecule has 0 saturated heterocycles. The molecule has 0 spiro atoms. The van der Waals surface area contributed by atoms with Crippen LogP contribution in [0.4, 0.5) is 13.2 Å². The maximum atomic E-state index is 12.5. The van der Waals surface area contributed by atoms with Crippen molar-refractivity contribution in [2.45, 2.75) is 25.1 Å². The van der Waals surface area contributed by atoms with E-state index in [0.717, 1.165) is 0 Å². The lowest BCUT2D eigenvalue weighted by atomic mass is 10.0. The molecule has 8 heteroatoms. The van der Waals surface area contributed by atoms with Gasteiger partial charge in [-0.15, -0.1) is 0 Å². The van der Waals surface area contributed by atoms with Crippen molar-refractivity contribution in [3.63, 3.8) is 0 Å². The normalized spacial score (nSPS) is 14.3. The van der Waals surface area contributed by atoms with Crippen LogP contribution in [-0.4, -0.2) is 35.2 Å². The number of amides is 1. The molecule has 0 bridgehead atoms. The molecular weight excluding hydrogens is 289 g/mol. The number of carboxylic acid groups (broad SMARTS) is 1. The molecule has 0 saturated carbocycles. The molecule has 1 amide bonds. The molecule has 0 aliphatic rings. The van der Waals surface area contributed by atoms with Crippen LogP contribution in [0.2, 0.25) is 0 Å². The molecule has 0 aromatic heterocycles. The van der Waals surface area contributed by atoms with Gasteiger partial charge >= 0.3 is 12.1 Å². The van der Waals surface area contributed by atoms with E-state index in [4.69, 9.17) is 10.8 Å². The molecule has 0 aliphatic carbocycles. The van der Waals surface area contributed by atoms with E-state index >= 15 is 0 Å². The van der Waals surface area contributed by atoms with E-state index in [-0.39, 0.29) is 18.5 Å². The van der Waals surface area contributed by atoms with Crippen LogP contribution < -0.4 is 11.1 Å². The van der Waals surface area contributed by atoms with E-state index in [0.29, 0.717) is 12.5 Å². The van der Waals surface area contributed by atoms with Crippen molar-refractivity contribution in [2.75, 3.05) is 6.54 Å². The van der Waals surface area contributed by atoms with Gasteiger partial charge < -0.3 is 16.2 Å². The Morgan fingerprint density at radius 1 is 1.29 bits per heavy atom. The van der Waals surface area contributed by atoms with E-state index < -0.39 is 23.6 Å². The Hall–Kier alpha value is -2.09. The first-order valence-electron chi connectivity index (χ1n) is 6.02. The zero-order chi connectivity index (χ0) is 16.3. The number of hydrogen-bond acceptors (Lipinski definition) is 3. The molecule has 21 heavy (non-hydrogen) atoms. The maximum Gasteiger partial charge on any atom is 0.415 e. The standard InChI is InChI=1S/C13H15F3N2O3/c1-12(17,13(14,15)16)11(21)18-7-6-8-4-2-3-5-9(8)10(19)20/h2-5H,6-7,17H2,1H3,(H,18,21)(H,19,20). The summed E-state index contributed by atoms with van der Waals surface area (Å²) in [6, 6.07) is 6.04. The molecule has 1 rings (SSSR count). The molecule has 1 atom stereocenters. The summed E-state index contributed by atoms with van der Waals surface area (Å²) in [5, 5.41) is 11.0. The minimum Gasteiger partial charge on any atom is -0.478 e. The number of rotatable bonds is 5. The lowest BCUT2D eigenvalue weighted by Crippen LogP contribution is -2.61. The highest BCUT2D eigenvalue weighted by Gasteiger charge is 2.53. The monoisotopic (exact) mass is 304 g/mol. The minimum atomic E-state index is -4.87. The third kappa shape index (κ3) is 3.94. The maximum absolute atomic E-state index is 12.5. The lowest BCUT2D eigenvalue weighted by molar-refractivity contribution is -0.187. The number of carboxylic acids is 1. The first-order chi connectivity index (χ1) is 9.57. The highest BCUT2D eigenvalue weighted by Crippen LogP contribution is 2.27. The third-order valence-electron chi connectivity index (χ3n) is 2.99. The van der Waals surface area contributed by atoms with Crippen LogP contribution in [0.1, 0.15) is 22.8 Å². The Balaban J connectivity index is 2.67. The van der Waals surface area contributed by atoms with Crippen LogP contribution in [0.25, 0.3) is 0 Å². The molecule has 1 aromatic carbocycles. The van der Waals surface area contributed by atoms with Crippen molar-refractivity contribution in [3.05, 3.63) is 35.4 Å². The number of benzene rings is 1. The predicted octanol–water partition coefficient (Wildman–Crippen LogP) is 1.32. The van der Waals surface area contributed by atoms with Gasteiger partial charge in [0, 0.05) is 6.54 Å². The quantitative estimate of drug-likeness (QED) is 0.765. The van der Waals surface area contributed by atoms with Crippen LogP contribution in [0.5, 0.6) is 0 Å². The predicted molar refractivity (Wildman–Crippen MR) is 68.8 cm³/mol. The summed E-state index contributed by atoms with van der Waals surface area (Å²) < 4.78 is 37.6. The molecule has 4 N–H and O–H groups in total. The van der Waals surface area contributed by atoms with Crippen molar-refractivity contribution in [1.29, 1.82) is 0 Å². The third-order valence-corrected chi connectivity index (χ3v) is 2.99. The molecule has 5 nitrogen and oxygen atoms in total. The Labute approximate surface area is 118 Å². The number of carbonyl (C=O) groups is 2. The summed E-state index contributed by atoms with van der Waals surface area (Å²) in [6.07, 6.45) is -4.78. The van der Waals surface area contributed by atoms with Crippen LogP contribution in [0.3, 0.4) is 0 Å². The topological polar surface area (TPSA) is 92.4 Å². The van der Waals surface area contributed by atoms with Gasteiger partial charge in [-0.2, -0.15) is 13.2 Å². The summed E-state index contributed by atoms with van der Waals surface area (Å²) in [4.78, 5) is 22.4. The van der Waals surface area contributed by atoms with Crippen molar-refractivity contribution < 1.29 is 27.9 Å². The molecule has 0 heterocycles. The summed E-state index contributed by atoms with van der Waals surface area (Å²) in [6.45, 7) is 0.430. The van der Waals surface area contributed by atoms with Gasteiger partial charge in [0.1, 0.15) is 0 Å². The van der Waals surface area contributed by atoms with Crippen LogP contribution in [0.15, 0.2) is 24.3 Å². The first kappa shape index (κ1) is 17.0. The smallest absolute Gasteiger partial charge is 0.415 e.